The van der Waals surface area contributed by atoms with E-state index >= 15 is 0 Å². The van der Waals surface area contributed by atoms with Crippen molar-refractivity contribution < 1.29 is 19.6 Å². The van der Waals surface area contributed by atoms with Crippen molar-refractivity contribution in [2.24, 2.45) is 0 Å². The van der Waals surface area contributed by atoms with Gasteiger partial charge in [0.15, 0.2) is 0 Å². The van der Waals surface area contributed by atoms with Gasteiger partial charge in [-0.2, -0.15) is 0 Å². The average Bonchev–Trinajstić information content (AvgIpc) is 2.49. The summed E-state index contributed by atoms with van der Waals surface area (Å²) >= 11 is 0. The summed E-state index contributed by atoms with van der Waals surface area (Å²) in [7, 11) is 3.26. The molecule has 1 aliphatic rings. The van der Waals surface area contributed by atoms with Crippen molar-refractivity contribution in [3.63, 3.8) is 0 Å². The summed E-state index contributed by atoms with van der Waals surface area (Å²) in [5.41, 5.74) is 0.823. The number of carbonyl (C=O) groups is 3. The summed E-state index contributed by atoms with van der Waals surface area (Å²) in [4.78, 5) is 37.6. The van der Waals surface area contributed by atoms with Crippen molar-refractivity contribution in [2.75, 3.05) is 14.1 Å². The van der Waals surface area contributed by atoms with E-state index in [4.69, 9.17) is 0 Å². The molecule has 6 nitrogen and oxygen atoms in total. The van der Waals surface area contributed by atoms with Gasteiger partial charge in [0.25, 0.3) is 17.7 Å². The second-order valence-electron chi connectivity index (χ2n) is 5.01. The molecule has 3 amide bonds. The van der Waals surface area contributed by atoms with E-state index < -0.39 is 11.8 Å². The normalized spacial score (nSPS) is 13.8. The minimum atomic E-state index is -0.785. The molecule has 0 aliphatic carbocycles. The third-order valence-corrected chi connectivity index (χ3v) is 3.52. The van der Waals surface area contributed by atoms with Crippen LogP contribution in [-0.4, -0.2) is 47.0 Å². The average molecular weight is 284 g/mol. The number of hydrogen-bond acceptors (Lipinski definition) is 4. The van der Waals surface area contributed by atoms with Crippen LogP contribution in [0.5, 0.6) is 0 Å². The van der Waals surface area contributed by atoms with Crippen molar-refractivity contribution in [2.45, 2.75) is 0 Å². The Bertz CT molecular complexity index is 788. The van der Waals surface area contributed by atoms with Gasteiger partial charge in [0.2, 0.25) is 0 Å². The van der Waals surface area contributed by atoms with E-state index in [9.17, 15) is 19.6 Å². The van der Waals surface area contributed by atoms with E-state index in [-0.39, 0.29) is 22.1 Å². The highest BCUT2D eigenvalue weighted by Gasteiger charge is 2.33. The van der Waals surface area contributed by atoms with Gasteiger partial charge < -0.3 is 4.90 Å². The Morgan fingerprint density at radius 1 is 1.05 bits per heavy atom. The van der Waals surface area contributed by atoms with E-state index in [1.54, 1.807) is 26.2 Å². The summed E-state index contributed by atoms with van der Waals surface area (Å²) < 4.78 is 0. The summed E-state index contributed by atoms with van der Waals surface area (Å²) in [5, 5.41) is 10.6. The Balaban J connectivity index is 2.41. The van der Waals surface area contributed by atoms with E-state index in [0.717, 1.165) is 0 Å². The van der Waals surface area contributed by atoms with Gasteiger partial charge in [-0.05, 0) is 23.6 Å². The van der Waals surface area contributed by atoms with Crippen LogP contribution in [-0.2, 0) is 0 Å². The molecule has 0 spiro atoms. The molecule has 1 heterocycles. The second kappa shape index (κ2) is 4.39. The van der Waals surface area contributed by atoms with E-state index in [1.165, 1.54) is 23.1 Å². The maximum absolute atomic E-state index is 12.2. The summed E-state index contributed by atoms with van der Waals surface area (Å²) in [6.07, 6.45) is 0. The minimum absolute atomic E-state index is 0.102. The van der Waals surface area contributed by atoms with Crippen molar-refractivity contribution in [3.05, 3.63) is 47.0 Å². The molecule has 1 aliphatic heterocycles. The Morgan fingerprint density at radius 3 is 2.29 bits per heavy atom. The first-order chi connectivity index (χ1) is 9.93. The van der Waals surface area contributed by atoms with Crippen LogP contribution in [0, 0.1) is 0 Å². The number of hydroxylamine groups is 2. The maximum atomic E-state index is 12.2. The number of benzene rings is 2. The van der Waals surface area contributed by atoms with Crippen molar-refractivity contribution in [3.8, 4) is 0 Å². The van der Waals surface area contributed by atoms with Crippen LogP contribution in [0.2, 0.25) is 0 Å². The number of rotatable bonds is 1. The summed E-state index contributed by atoms with van der Waals surface area (Å²) in [6, 6.07) is 7.82. The molecule has 3 rings (SSSR count). The molecule has 21 heavy (non-hydrogen) atoms. The lowest BCUT2D eigenvalue weighted by Crippen LogP contribution is -2.37. The minimum Gasteiger partial charge on any atom is -0.345 e. The van der Waals surface area contributed by atoms with Crippen molar-refractivity contribution >= 4 is 28.5 Å². The zero-order valence-electron chi connectivity index (χ0n) is 11.5. The van der Waals surface area contributed by atoms with E-state index in [2.05, 4.69) is 0 Å². The molecule has 0 saturated heterocycles. The van der Waals surface area contributed by atoms with E-state index in [0.29, 0.717) is 16.3 Å². The molecule has 106 valence electrons. The number of nitrogens with zero attached hydrogens (tertiary/aromatic N) is 2. The quantitative estimate of drug-likeness (QED) is 0.636. The molecule has 1 N–H and O–H groups in total. The van der Waals surface area contributed by atoms with Gasteiger partial charge in [0, 0.05) is 25.0 Å². The van der Waals surface area contributed by atoms with Crippen LogP contribution in [0.4, 0.5) is 0 Å². The van der Waals surface area contributed by atoms with Crippen molar-refractivity contribution in [1.29, 1.82) is 0 Å². The molecule has 0 bridgehead atoms. The summed E-state index contributed by atoms with van der Waals surface area (Å²) in [6.45, 7) is 0. The first kappa shape index (κ1) is 13.3. The SMILES string of the molecule is CN(C)C(=O)c1ccc2c3c(cccc13)C(=O)N(O)C2=O. The lowest BCUT2D eigenvalue weighted by molar-refractivity contribution is -0.0377. The van der Waals surface area contributed by atoms with E-state index in [1.807, 2.05) is 0 Å². The number of carbonyl (C=O) groups excluding carboxylic acids is 3. The highest BCUT2D eigenvalue weighted by atomic mass is 16.5. The number of imide groups is 1. The fourth-order valence-electron chi connectivity index (χ4n) is 2.51. The lowest BCUT2D eigenvalue weighted by Gasteiger charge is -2.23. The Morgan fingerprint density at radius 2 is 1.67 bits per heavy atom. The lowest BCUT2D eigenvalue weighted by atomic mass is 9.91. The topological polar surface area (TPSA) is 77.9 Å². The van der Waals surface area contributed by atoms with Gasteiger partial charge >= 0.3 is 0 Å². The van der Waals surface area contributed by atoms with Gasteiger partial charge in [0.1, 0.15) is 0 Å². The number of hydrogen-bond donors (Lipinski definition) is 1. The van der Waals surface area contributed by atoms with Crippen LogP contribution >= 0.6 is 0 Å². The van der Waals surface area contributed by atoms with Gasteiger partial charge in [0.05, 0.1) is 11.1 Å². The zero-order chi connectivity index (χ0) is 15.3. The molecule has 0 saturated carbocycles. The molecule has 0 atom stereocenters. The molecule has 0 unspecified atom stereocenters. The Hall–Kier alpha value is -2.73. The highest BCUT2D eigenvalue weighted by molar-refractivity contribution is 6.26. The molecule has 0 fully saturated rings. The van der Waals surface area contributed by atoms with Gasteiger partial charge in [-0.15, -0.1) is 5.06 Å². The van der Waals surface area contributed by atoms with Crippen LogP contribution in [0.1, 0.15) is 31.1 Å². The van der Waals surface area contributed by atoms with Crippen molar-refractivity contribution in [1.82, 2.24) is 9.96 Å². The first-order valence-electron chi connectivity index (χ1n) is 6.28. The monoisotopic (exact) mass is 284 g/mol. The van der Waals surface area contributed by atoms with Gasteiger partial charge in [-0.25, -0.2) is 0 Å². The zero-order valence-corrected chi connectivity index (χ0v) is 11.5. The fraction of sp³-hybridized carbons (Fsp3) is 0.133. The standard InChI is InChI=1S/C15H12N2O4/c1-16(2)13(18)9-6-7-11-12-8(9)4-3-5-10(12)14(19)17(21)15(11)20/h3-7,21H,1-2H3. The van der Waals surface area contributed by atoms with Gasteiger partial charge in [-0.3, -0.25) is 19.6 Å². The van der Waals surface area contributed by atoms with Crippen LogP contribution in [0.3, 0.4) is 0 Å². The van der Waals surface area contributed by atoms with Crippen LogP contribution in [0.25, 0.3) is 10.8 Å². The van der Waals surface area contributed by atoms with Gasteiger partial charge in [-0.1, -0.05) is 12.1 Å². The Kier molecular flexibility index (Phi) is 2.77. The highest BCUT2D eigenvalue weighted by Crippen LogP contribution is 2.31. The molecule has 2 aromatic carbocycles. The molecular weight excluding hydrogens is 272 g/mol. The Labute approximate surface area is 120 Å². The molecular formula is C15H12N2O4. The first-order valence-corrected chi connectivity index (χ1v) is 6.28. The summed E-state index contributed by atoms with van der Waals surface area (Å²) in [5.74, 6) is -1.79. The third-order valence-electron chi connectivity index (χ3n) is 3.52. The third kappa shape index (κ3) is 1.73. The maximum Gasteiger partial charge on any atom is 0.285 e. The molecule has 6 heteroatoms. The van der Waals surface area contributed by atoms with Crippen LogP contribution < -0.4 is 0 Å². The predicted molar refractivity (Wildman–Crippen MR) is 74.3 cm³/mol. The predicted octanol–water partition coefficient (Wildman–Crippen LogP) is 1.53. The largest absolute Gasteiger partial charge is 0.345 e. The number of amides is 3. The molecule has 2 aromatic rings. The fourth-order valence-corrected chi connectivity index (χ4v) is 2.51. The second-order valence-corrected chi connectivity index (χ2v) is 5.01. The smallest absolute Gasteiger partial charge is 0.285 e. The molecule has 0 aromatic heterocycles. The molecule has 0 radical (unpaired) electrons. The van der Waals surface area contributed by atoms with Crippen LogP contribution in [0.15, 0.2) is 30.3 Å².